The van der Waals surface area contributed by atoms with Gasteiger partial charge in [-0.2, -0.15) is 0 Å². The standard InChI is InChI=1S/C44H58N2O2/c1-41(2,3)33-17-25-13-29-21-35(43(7,8)9)23-31(39(29)47)15-27-19-34(42(4,5)6)20-28(38(27)46)16-32-24-36(44(10,11)12)22-30(40(32)48)14-26(18-33)37(25)45/h17-24,47-48H,13-16,45-46H2,1-12H3. The lowest BCUT2D eigenvalue weighted by atomic mass is 9.79. The first-order valence-electron chi connectivity index (χ1n) is 17.5. The van der Waals surface area contributed by atoms with Gasteiger partial charge in [-0.15, -0.1) is 0 Å². The first-order valence-corrected chi connectivity index (χ1v) is 17.5. The summed E-state index contributed by atoms with van der Waals surface area (Å²) in [5.41, 5.74) is 27.1. The van der Waals surface area contributed by atoms with Gasteiger partial charge in [-0.3, -0.25) is 0 Å². The summed E-state index contributed by atoms with van der Waals surface area (Å²) in [6.45, 7) is 26.6. The van der Waals surface area contributed by atoms with Gasteiger partial charge in [0.25, 0.3) is 0 Å². The lowest BCUT2D eigenvalue weighted by Gasteiger charge is -2.27. The highest BCUT2D eigenvalue weighted by Crippen LogP contribution is 2.41. The Bertz CT molecular complexity index is 1520. The van der Waals surface area contributed by atoms with Crippen LogP contribution in [0.4, 0.5) is 11.4 Å². The van der Waals surface area contributed by atoms with Crippen molar-refractivity contribution in [2.45, 2.75) is 130 Å². The van der Waals surface area contributed by atoms with E-state index in [1.54, 1.807) is 0 Å². The molecular weight excluding hydrogens is 588 g/mol. The maximum atomic E-state index is 12.0. The van der Waals surface area contributed by atoms with Gasteiger partial charge < -0.3 is 21.7 Å². The fourth-order valence-corrected chi connectivity index (χ4v) is 6.75. The Hall–Kier alpha value is -3.92. The number of anilines is 2. The second kappa shape index (κ2) is 11.9. The molecule has 0 radical (unpaired) electrons. The van der Waals surface area contributed by atoms with E-state index < -0.39 is 0 Å². The number of rotatable bonds is 0. The summed E-state index contributed by atoms with van der Waals surface area (Å²) >= 11 is 0. The molecule has 4 aromatic rings. The molecule has 0 saturated heterocycles. The number of phenols is 2. The molecule has 0 spiro atoms. The van der Waals surface area contributed by atoms with Crippen molar-refractivity contribution in [2.24, 2.45) is 0 Å². The minimum atomic E-state index is -0.128. The Morgan fingerprint density at radius 1 is 0.354 bits per heavy atom. The third-order valence-electron chi connectivity index (χ3n) is 10.2. The predicted molar refractivity (Wildman–Crippen MR) is 204 cm³/mol. The van der Waals surface area contributed by atoms with Gasteiger partial charge in [-0.05, 0) is 88.4 Å². The average molecular weight is 647 g/mol. The van der Waals surface area contributed by atoms with E-state index in [0.717, 1.165) is 55.6 Å². The second-order valence-electron chi connectivity index (χ2n) is 18.4. The largest absolute Gasteiger partial charge is 0.507 e. The van der Waals surface area contributed by atoms with Gasteiger partial charge in [-0.1, -0.05) is 132 Å². The van der Waals surface area contributed by atoms with E-state index in [1.807, 2.05) is 0 Å². The van der Waals surface area contributed by atoms with Crippen LogP contribution in [0.3, 0.4) is 0 Å². The van der Waals surface area contributed by atoms with Crippen molar-refractivity contribution in [3.05, 3.63) is 115 Å². The average Bonchev–Trinajstić information content (AvgIpc) is 2.93. The van der Waals surface area contributed by atoms with Gasteiger partial charge in [0, 0.05) is 37.1 Å². The highest BCUT2D eigenvalue weighted by atomic mass is 16.3. The maximum Gasteiger partial charge on any atom is 0.122 e. The van der Waals surface area contributed by atoms with Crippen molar-refractivity contribution in [2.75, 3.05) is 11.5 Å². The quantitative estimate of drug-likeness (QED) is 0.126. The van der Waals surface area contributed by atoms with Crippen LogP contribution in [0.1, 0.15) is 150 Å². The number of benzene rings is 4. The molecular formula is C44H58N2O2. The van der Waals surface area contributed by atoms with Gasteiger partial charge in [0.05, 0.1) is 0 Å². The molecule has 0 atom stereocenters. The van der Waals surface area contributed by atoms with Crippen LogP contribution in [0.5, 0.6) is 11.5 Å². The lowest BCUT2D eigenvalue weighted by molar-refractivity contribution is 0.462. The monoisotopic (exact) mass is 646 g/mol. The third kappa shape index (κ3) is 7.09. The summed E-state index contributed by atoms with van der Waals surface area (Å²) < 4.78 is 0. The van der Waals surface area contributed by atoms with Crippen LogP contribution in [-0.4, -0.2) is 10.2 Å². The Balaban J connectivity index is 1.89. The van der Waals surface area contributed by atoms with Crippen molar-refractivity contribution in [3.63, 3.8) is 0 Å². The van der Waals surface area contributed by atoms with E-state index in [-0.39, 0.29) is 21.7 Å². The SMILES string of the molecule is CC(C)(C)c1cc2c(N)c(c1)Cc1cc(C(C)(C)C)cc(c1O)Cc1cc(C(C)(C)C)cc(c1N)Cc1cc(C(C)(C)C)cc(c1O)C2. The van der Waals surface area contributed by atoms with E-state index in [0.29, 0.717) is 48.6 Å². The number of phenolic OH excluding ortho intramolecular Hbond substituents is 2. The molecule has 0 aliphatic heterocycles. The van der Waals surface area contributed by atoms with E-state index in [4.69, 9.17) is 11.5 Å². The first kappa shape index (κ1) is 35.4. The Morgan fingerprint density at radius 3 is 0.688 bits per heavy atom. The number of aromatic hydroxyl groups is 2. The number of hydrogen-bond donors (Lipinski definition) is 4. The van der Waals surface area contributed by atoms with Gasteiger partial charge in [0.2, 0.25) is 0 Å². The molecule has 48 heavy (non-hydrogen) atoms. The molecule has 5 rings (SSSR count). The molecule has 4 heteroatoms. The van der Waals surface area contributed by atoms with Crippen LogP contribution in [-0.2, 0) is 47.3 Å². The van der Waals surface area contributed by atoms with Crippen LogP contribution < -0.4 is 11.5 Å². The van der Waals surface area contributed by atoms with E-state index >= 15 is 0 Å². The molecule has 0 amide bonds. The van der Waals surface area contributed by atoms with Crippen molar-refractivity contribution < 1.29 is 10.2 Å². The molecule has 0 aromatic heterocycles. The summed E-state index contributed by atoms with van der Waals surface area (Å²) in [5.74, 6) is 0.606. The molecule has 1 aliphatic rings. The summed E-state index contributed by atoms with van der Waals surface area (Å²) in [6, 6.07) is 17.4. The fraction of sp³-hybridized carbons (Fsp3) is 0.455. The fourth-order valence-electron chi connectivity index (χ4n) is 6.75. The molecule has 0 heterocycles. The summed E-state index contributed by atoms with van der Waals surface area (Å²) in [5, 5.41) is 24.0. The second-order valence-corrected chi connectivity index (χ2v) is 18.4. The molecule has 0 fully saturated rings. The summed E-state index contributed by atoms with van der Waals surface area (Å²) in [6.07, 6.45) is 1.97. The van der Waals surface area contributed by atoms with Crippen molar-refractivity contribution in [1.82, 2.24) is 0 Å². The van der Waals surface area contributed by atoms with Gasteiger partial charge >= 0.3 is 0 Å². The molecule has 256 valence electrons. The number of nitrogen functional groups attached to an aromatic ring is 2. The molecule has 4 nitrogen and oxygen atoms in total. The minimum Gasteiger partial charge on any atom is -0.507 e. The molecule has 0 saturated carbocycles. The van der Waals surface area contributed by atoms with Crippen LogP contribution in [0.25, 0.3) is 0 Å². The van der Waals surface area contributed by atoms with E-state index in [9.17, 15) is 10.2 Å². The Kier molecular flexibility index (Phi) is 8.77. The molecule has 0 unspecified atom stereocenters. The van der Waals surface area contributed by atoms with Gasteiger partial charge in [0.1, 0.15) is 11.5 Å². The zero-order chi connectivity index (χ0) is 35.7. The smallest absolute Gasteiger partial charge is 0.122 e. The van der Waals surface area contributed by atoms with Crippen LogP contribution in [0.15, 0.2) is 48.5 Å². The summed E-state index contributed by atoms with van der Waals surface area (Å²) in [7, 11) is 0. The molecule has 4 aromatic carbocycles. The zero-order valence-corrected chi connectivity index (χ0v) is 31.5. The van der Waals surface area contributed by atoms with Crippen molar-refractivity contribution in [3.8, 4) is 11.5 Å². The van der Waals surface area contributed by atoms with Gasteiger partial charge in [0.15, 0.2) is 0 Å². The predicted octanol–water partition coefficient (Wildman–Crippen LogP) is 10.1. The van der Waals surface area contributed by atoms with Crippen LogP contribution in [0, 0.1) is 0 Å². The number of hydrogen-bond acceptors (Lipinski definition) is 4. The van der Waals surface area contributed by atoms with Crippen LogP contribution >= 0.6 is 0 Å². The maximum absolute atomic E-state index is 12.0. The van der Waals surface area contributed by atoms with Crippen molar-refractivity contribution in [1.29, 1.82) is 0 Å². The number of fused-ring (bicyclic) bond motifs is 8. The van der Waals surface area contributed by atoms with Crippen molar-refractivity contribution >= 4 is 11.4 Å². The highest BCUT2D eigenvalue weighted by Gasteiger charge is 2.26. The molecule has 8 bridgehead atoms. The number of nitrogens with two attached hydrogens (primary N) is 2. The zero-order valence-electron chi connectivity index (χ0n) is 31.5. The minimum absolute atomic E-state index is 0.121. The molecule has 1 aliphatic carbocycles. The third-order valence-corrected chi connectivity index (χ3v) is 10.2. The Labute approximate surface area is 289 Å². The first-order chi connectivity index (χ1) is 21.9. The van der Waals surface area contributed by atoms with Crippen LogP contribution in [0.2, 0.25) is 0 Å². The van der Waals surface area contributed by atoms with Gasteiger partial charge in [-0.25, -0.2) is 0 Å². The lowest BCUT2D eigenvalue weighted by Crippen LogP contribution is -2.17. The summed E-state index contributed by atoms with van der Waals surface area (Å²) in [4.78, 5) is 0. The van der Waals surface area contributed by atoms with E-state index in [2.05, 4.69) is 132 Å². The normalized spacial score (nSPS) is 14.2. The molecule has 6 N–H and O–H groups in total. The van der Waals surface area contributed by atoms with E-state index in [1.165, 1.54) is 11.1 Å². The highest BCUT2D eigenvalue weighted by molar-refractivity contribution is 5.65. The topological polar surface area (TPSA) is 92.5 Å². The Morgan fingerprint density at radius 2 is 0.521 bits per heavy atom.